The summed E-state index contributed by atoms with van der Waals surface area (Å²) in [4.78, 5) is 29.3. The molecular weight excluding hydrogens is 332 g/mol. The quantitative estimate of drug-likeness (QED) is 0.919. The molecule has 1 unspecified atom stereocenters. The van der Waals surface area contributed by atoms with Crippen LogP contribution in [-0.4, -0.2) is 46.1 Å². The minimum Gasteiger partial charge on any atom is -0.481 e. The van der Waals surface area contributed by atoms with E-state index in [1.165, 1.54) is 4.90 Å². The van der Waals surface area contributed by atoms with Crippen molar-refractivity contribution in [3.05, 3.63) is 35.5 Å². The van der Waals surface area contributed by atoms with Gasteiger partial charge < -0.3 is 14.7 Å². The molecule has 1 amide bonds. The van der Waals surface area contributed by atoms with Crippen molar-refractivity contribution >= 4 is 34.4 Å². The molecule has 1 saturated heterocycles. The number of carbonyl (C=O) groups is 2. The number of pyridine rings is 1. The average Bonchev–Trinajstić information content (AvgIpc) is 2.61. The van der Waals surface area contributed by atoms with Gasteiger partial charge in [-0.2, -0.15) is 0 Å². The SMILES string of the molecule is O=C(O)C1CCCCN1C(=O)COc1ccc(Cl)c2cccnc12. The summed E-state index contributed by atoms with van der Waals surface area (Å²) in [5.41, 5.74) is 0.575. The van der Waals surface area contributed by atoms with Crippen molar-refractivity contribution in [3.63, 3.8) is 0 Å². The molecule has 1 N–H and O–H groups in total. The monoisotopic (exact) mass is 348 g/mol. The topological polar surface area (TPSA) is 79.7 Å². The maximum absolute atomic E-state index is 12.4. The molecular formula is C17H17ClN2O4. The minimum absolute atomic E-state index is 0.225. The van der Waals surface area contributed by atoms with Crippen LogP contribution in [0.2, 0.25) is 5.02 Å². The molecule has 6 nitrogen and oxygen atoms in total. The lowest BCUT2D eigenvalue weighted by Crippen LogP contribution is -2.49. The number of halogens is 1. The summed E-state index contributed by atoms with van der Waals surface area (Å²) in [5.74, 6) is -0.852. The van der Waals surface area contributed by atoms with Gasteiger partial charge >= 0.3 is 5.97 Å². The van der Waals surface area contributed by atoms with E-state index < -0.39 is 12.0 Å². The third-order valence-electron chi connectivity index (χ3n) is 4.14. The average molecular weight is 349 g/mol. The van der Waals surface area contributed by atoms with Crippen molar-refractivity contribution in [1.29, 1.82) is 0 Å². The number of piperidine rings is 1. The Balaban J connectivity index is 1.75. The number of fused-ring (bicyclic) bond motifs is 1. The van der Waals surface area contributed by atoms with E-state index in [9.17, 15) is 14.7 Å². The molecule has 0 aliphatic carbocycles. The largest absolute Gasteiger partial charge is 0.481 e. The molecule has 0 bridgehead atoms. The Hall–Kier alpha value is -2.34. The number of rotatable bonds is 4. The fourth-order valence-electron chi connectivity index (χ4n) is 2.94. The van der Waals surface area contributed by atoms with Gasteiger partial charge in [0.05, 0.1) is 5.02 Å². The first-order valence-corrected chi connectivity index (χ1v) is 8.14. The molecule has 7 heteroatoms. The number of hydrogen-bond donors (Lipinski definition) is 1. The maximum atomic E-state index is 12.4. The van der Waals surface area contributed by atoms with Crippen LogP contribution in [0, 0.1) is 0 Å². The summed E-state index contributed by atoms with van der Waals surface area (Å²) in [6, 6.07) is 6.18. The number of carboxylic acids is 1. The Labute approximate surface area is 144 Å². The number of nitrogens with zero attached hydrogens (tertiary/aromatic N) is 2. The normalized spacial score (nSPS) is 17.7. The Kier molecular flexibility index (Phi) is 4.85. The van der Waals surface area contributed by atoms with Crippen molar-refractivity contribution in [2.24, 2.45) is 0 Å². The van der Waals surface area contributed by atoms with Crippen LogP contribution in [0.5, 0.6) is 5.75 Å². The van der Waals surface area contributed by atoms with E-state index >= 15 is 0 Å². The second-order valence-corrected chi connectivity index (χ2v) is 6.08. The molecule has 3 rings (SSSR count). The summed E-state index contributed by atoms with van der Waals surface area (Å²) in [7, 11) is 0. The fraction of sp³-hybridized carbons (Fsp3) is 0.353. The van der Waals surface area contributed by atoms with E-state index in [1.807, 2.05) is 6.07 Å². The van der Waals surface area contributed by atoms with E-state index in [-0.39, 0.29) is 12.5 Å². The summed E-state index contributed by atoms with van der Waals surface area (Å²) < 4.78 is 5.61. The molecule has 1 aromatic carbocycles. The van der Waals surface area contributed by atoms with Crippen LogP contribution in [0.4, 0.5) is 0 Å². The number of carboxylic acid groups (broad SMARTS) is 1. The van der Waals surface area contributed by atoms with E-state index in [0.29, 0.717) is 29.3 Å². The van der Waals surface area contributed by atoms with Gasteiger partial charge in [0, 0.05) is 18.1 Å². The lowest BCUT2D eigenvalue weighted by Gasteiger charge is -2.32. The predicted molar refractivity (Wildman–Crippen MR) is 89.2 cm³/mol. The minimum atomic E-state index is -0.971. The molecule has 1 aromatic heterocycles. The highest BCUT2D eigenvalue weighted by Crippen LogP contribution is 2.29. The number of carbonyl (C=O) groups excluding carboxylic acids is 1. The maximum Gasteiger partial charge on any atom is 0.326 e. The van der Waals surface area contributed by atoms with Gasteiger partial charge in [0.25, 0.3) is 5.91 Å². The van der Waals surface area contributed by atoms with E-state index in [2.05, 4.69) is 4.98 Å². The second-order valence-electron chi connectivity index (χ2n) is 5.67. The Morgan fingerprint density at radius 2 is 2.17 bits per heavy atom. The zero-order valence-electron chi connectivity index (χ0n) is 12.9. The first-order chi connectivity index (χ1) is 11.6. The third-order valence-corrected chi connectivity index (χ3v) is 4.47. The van der Waals surface area contributed by atoms with Gasteiger partial charge in [-0.15, -0.1) is 0 Å². The van der Waals surface area contributed by atoms with Crippen LogP contribution in [0.3, 0.4) is 0 Å². The highest BCUT2D eigenvalue weighted by atomic mass is 35.5. The Bertz CT molecular complexity index is 780. The number of amides is 1. The van der Waals surface area contributed by atoms with Crippen molar-refractivity contribution < 1.29 is 19.4 Å². The molecule has 0 saturated carbocycles. The number of ether oxygens (including phenoxy) is 1. The Morgan fingerprint density at radius 3 is 2.96 bits per heavy atom. The van der Waals surface area contributed by atoms with Crippen LogP contribution < -0.4 is 4.74 Å². The molecule has 0 spiro atoms. The highest BCUT2D eigenvalue weighted by molar-refractivity contribution is 6.35. The number of likely N-dealkylation sites (tertiary alicyclic amines) is 1. The summed E-state index contributed by atoms with van der Waals surface area (Å²) in [5, 5.41) is 10.6. The first-order valence-electron chi connectivity index (χ1n) is 7.76. The van der Waals surface area contributed by atoms with Crippen LogP contribution in [-0.2, 0) is 9.59 Å². The Morgan fingerprint density at radius 1 is 1.33 bits per heavy atom. The second kappa shape index (κ2) is 7.05. The van der Waals surface area contributed by atoms with Crippen molar-refractivity contribution in [1.82, 2.24) is 9.88 Å². The number of hydrogen-bond acceptors (Lipinski definition) is 4. The van der Waals surface area contributed by atoms with Gasteiger partial charge in [0.1, 0.15) is 17.3 Å². The van der Waals surface area contributed by atoms with Crippen molar-refractivity contribution in [2.75, 3.05) is 13.2 Å². The zero-order valence-corrected chi connectivity index (χ0v) is 13.7. The van der Waals surface area contributed by atoms with E-state index in [1.54, 1.807) is 24.4 Å². The summed E-state index contributed by atoms with van der Waals surface area (Å²) >= 11 is 6.13. The standard InChI is InChI=1S/C17H17ClN2O4/c18-12-6-7-14(16-11(12)4-3-8-19-16)24-10-15(21)20-9-2-1-5-13(20)17(22)23/h3-4,6-8,13H,1-2,5,9-10H2,(H,22,23). The van der Waals surface area contributed by atoms with Gasteiger partial charge in [-0.3, -0.25) is 9.78 Å². The molecule has 1 atom stereocenters. The molecule has 1 fully saturated rings. The number of benzene rings is 1. The van der Waals surface area contributed by atoms with Crippen molar-refractivity contribution in [2.45, 2.75) is 25.3 Å². The third kappa shape index (κ3) is 3.28. The molecule has 0 radical (unpaired) electrons. The molecule has 126 valence electrons. The van der Waals surface area contributed by atoms with Crippen LogP contribution in [0.1, 0.15) is 19.3 Å². The smallest absolute Gasteiger partial charge is 0.326 e. The lowest BCUT2D eigenvalue weighted by atomic mass is 10.0. The van der Waals surface area contributed by atoms with Crippen LogP contribution in [0.25, 0.3) is 10.9 Å². The fourth-order valence-corrected chi connectivity index (χ4v) is 3.15. The van der Waals surface area contributed by atoms with Gasteiger partial charge in [0.2, 0.25) is 0 Å². The zero-order chi connectivity index (χ0) is 17.1. The molecule has 24 heavy (non-hydrogen) atoms. The predicted octanol–water partition coefficient (Wildman–Crippen LogP) is 2.73. The van der Waals surface area contributed by atoms with Gasteiger partial charge in [-0.1, -0.05) is 11.6 Å². The first kappa shape index (κ1) is 16.5. The molecule has 2 heterocycles. The molecule has 1 aliphatic heterocycles. The summed E-state index contributed by atoms with van der Waals surface area (Å²) in [6.07, 6.45) is 3.72. The van der Waals surface area contributed by atoms with Gasteiger partial charge in [0.15, 0.2) is 6.61 Å². The molecule has 2 aromatic rings. The van der Waals surface area contributed by atoms with Gasteiger partial charge in [-0.25, -0.2) is 4.79 Å². The number of aromatic nitrogens is 1. The van der Waals surface area contributed by atoms with Crippen molar-refractivity contribution in [3.8, 4) is 5.75 Å². The number of aliphatic carboxylic acids is 1. The van der Waals surface area contributed by atoms with Crippen LogP contribution in [0.15, 0.2) is 30.5 Å². The summed E-state index contributed by atoms with van der Waals surface area (Å²) in [6.45, 7) is 0.218. The highest BCUT2D eigenvalue weighted by Gasteiger charge is 2.32. The van der Waals surface area contributed by atoms with E-state index in [0.717, 1.165) is 18.2 Å². The van der Waals surface area contributed by atoms with Crippen LogP contribution >= 0.6 is 11.6 Å². The van der Waals surface area contributed by atoms with Gasteiger partial charge in [-0.05, 0) is 43.5 Å². The molecule has 1 aliphatic rings. The van der Waals surface area contributed by atoms with E-state index in [4.69, 9.17) is 16.3 Å². The lowest BCUT2D eigenvalue weighted by molar-refractivity contribution is -0.152.